The van der Waals surface area contributed by atoms with Crippen molar-refractivity contribution < 1.29 is 26.7 Å². The number of halogens is 7. The second kappa shape index (κ2) is 4.25. The molecule has 0 atom stereocenters. The smallest absolute Gasteiger partial charge is 0.418 e. The molecule has 0 spiro atoms. The largest absolute Gasteiger partial charge is 0.487 e. The fraction of sp³-hybridized carbons (Fsp3) is 0.250. The molecule has 0 radical (unpaired) electrons. The van der Waals surface area contributed by atoms with Crippen molar-refractivity contribution in [1.29, 1.82) is 0 Å². The first kappa shape index (κ1) is 13.3. The highest BCUT2D eigenvalue weighted by Crippen LogP contribution is 2.36. The van der Waals surface area contributed by atoms with Crippen molar-refractivity contribution in [2.75, 3.05) is 0 Å². The third-order valence-corrected chi connectivity index (χ3v) is 1.86. The second-order valence-electron chi connectivity index (χ2n) is 2.69. The lowest BCUT2D eigenvalue weighted by Crippen LogP contribution is -2.16. The first-order valence-electron chi connectivity index (χ1n) is 3.72. The molecular formula is C8H3Cl2F5O. The fourth-order valence-corrected chi connectivity index (χ4v) is 1.19. The van der Waals surface area contributed by atoms with E-state index in [2.05, 4.69) is 16.3 Å². The SMILES string of the molecule is FC(F)(Cl)Oc1ccc(C(F)(F)F)cc1Cl. The summed E-state index contributed by atoms with van der Waals surface area (Å²) in [5, 5.41) is -0.602. The molecule has 1 aromatic carbocycles. The Morgan fingerprint density at radius 2 is 1.62 bits per heavy atom. The van der Waals surface area contributed by atoms with Gasteiger partial charge in [0.05, 0.1) is 10.6 Å². The zero-order chi connectivity index (χ0) is 12.6. The topological polar surface area (TPSA) is 9.23 Å². The average Bonchev–Trinajstić information content (AvgIpc) is 2.04. The Morgan fingerprint density at radius 3 is 2.00 bits per heavy atom. The standard InChI is InChI=1S/C8H3Cl2F5O/c9-5-3-4(7(11,12)13)1-2-6(5)16-8(10,14)15/h1-3H. The van der Waals surface area contributed by atoms with E-state index in [0.717, 1.165) is 0 Å². The quantitative estimate of drug-likeness (QED) is 0.571. The van der Waals surface area contributed by atoms with Crippen molar-refractivity contribution in [1.82, 2.24) is 0 Å². The Hall–Kier alpha value is -0.750. The van der Waals surface area contributed by atoms with Crippen molar-refractivity contribution in [3.63, 3.8) is 0 Å². The fourth-order valence-electron chi connectivity index (χ4n) is 0.885. The van der Waals surface area contributed by atoms with Crippen LogP contribution in [0.25, 0.3) is 0 Å². The van der Waals surface area contributed by atoms with Crippen molar-refractivity contribution in [2.24, 2.45) is 0 Å². The van der Waals surface area contributed by atoms with Gasteiger partial charge in [-0.3, -0.25) is 0 Å². The van der Waals surface area contributed by atoms with Crippen LogP contribution in [0.1, 0.15) is 5.56 Å². The first-order valence-corrected chi connectivity index (χ1v) is 4.48. The Labute approximate surface area is 96.7 Å². The Morgan fingerprint density at radius 1 is 1.06 bits per heavy atom. The minimum absolute atomic E-state index is 0.472. The predicted molar refractivity (Wildman–Crippen MR) is 47.9 cm³/mol. The summed E-state index contributed by atoms with van der Waals surface area (Å²) >= 11 is 9.76. The van der Waals surface area contributed by atoms with Crippen molar-refractivity contribution in [3.05, 3.63) is 28.8 Å². The summed E-state index contributed by atoms with van der Waals surface area (Å²) < 4.78 is 64.7. The van der Waals surface area contributed by atoms with Crippen LogP contribution in [0.3, 0.4) is 0 Å². The van der Waals surface area contributed by atoms with E-state index in [1.54, 1.807) is 0 Å². The molecule has 8 heteroatoms. The molecule has 1 nitrogen and oxygen atoms in total. The molecule has 0 aromatic heterocycles. The summed E-state index contributed by atoms with van der Waals surface area (Å²) in [5.74, 6) is -0.630. The van der Waals surface area contributed by atoms with Crippen LogP contribution in [-0.2, 0) is 6.18 Å². The van der Waals surface area contributed by atoms with E-state index in [-0.39, 0.29) is 0 Å². The molecule has 0 aliphatic rings. The highest BCUT2D eigenvalue weighted by Gasteiger charge is 2.33. The van der Waals surface area contributed by atoms with Crippen LogP contribution < -0.4 is 4.74 Å². The lowest BCUT2D eigenvalue weighted by molar-refractivity contribution is -0.137. The van der Waals surface area contributed by atoms with E-state index in [4.69, 9.17) is 11.6 Å². The van der Waals surface area contributed by atoms with Gasteiger partial charge >= 0.3 is 11.7 Å². The number of ether oxygens (including phenoxy) is 1. The Kier molecular flexibility index (Phi) is 3.54. The minimum Gasteiger partial charge on any atom is -0.418 e. The molecule has 1 aromatic rings. The normalized spacial score (nSPS) is 12.7. The van der Waals surface area contributed by atoms with E-state index in [0.29, 0.717) is 18.2 Å². The van der Waals surface area contributed by atoms with Crippen molar-refractivity contribution >= 4 is 23.2 Å². The third kappa shape index (κ3) is 3.68. The molecule has 0 bridgehead atoms. The molecule has 0 fully saturated rings. The zero-order valence-corrected chi connectivity index (χ0v) is 8.80. The molecule has 90 valence electrons. The van der Waals surface area contributed by atoms with Crippen LogP contribution >= 0.6 is 23.2 Å². The number of rotatable bonds is 2. The maximum absolute atomic E-state index is 12.2. The summed E-state index contributed by atoms with van der Waals surface area (Å²) in [4.78, 5) is 0. The van der Waals surface area contributed by atoms with Gasteiger partial charge in [-0.05, 0) is 18.2 Å². The Bertz CT molecular complexity index is 385. The van der Waals surface area contributed by atoms with Gasteiger partial charge in [0.2, 0.25) is 0 Å². The molecule has 0 unspecified atom stereocenters. The van der Waals surface area contributed by atoms with Crippen LogP contribution in [0.5, 0.6) is 5.75 Å². The third-order valence-electron chi connectivity index (χ3n) is 1.48. The molecular weight excluding hydrogens is 278 g/mol. The summed E-state index contributed by atoms with van der Waals surface area (Å²) in [6.45, 7) is 0. The number of benzene rings is 1. The number of hydrogen-bond donors (Lipinski definition) is 0. The summed E-state index contributed by atoms with van der Waals surface area (Å²) in [5.41, 5.74) is -5.09. The van der Waals surface area contributed by atoms with Gasteiger partial charge in [-0.15, -0.1) is 8.78 Å². The van der Waals surface area contributed by atoms with E-state index in [1.165, 1.54) is 0 Å². The molecule has 0 saturated heterocycles. The molecule has 0 N–H and O–H groups in total. The van der Waals surface area contributed by atoms with E-state index in [9.17, 15) is 22.0 Å². The van der Waals surface area contributed by atoms with Crippen LogP contribution in [-0.4, -0.2) is 5.57 Å². The van der Waals surface area contributed by atoms with Gasteiger partial charge in [0, 0.05) is 11.6 Å². The summed E-state index contributed by atoms with van der Waals surface area (Å²) in [6, 6.07) is 1.70. The highest BCUT2D eigenvalue weighted by atomic mass is 35.5. The average molecular weight is 281 g/mol. The minimum atomic E-state index is -4.61. The maximum atomic E-state index is 12.2. The van der Waals surface area contributed by atoms with Gasteiger partial charge in [-0.25, -0.2) is 0 Å². The molecule has 0 heterocycles. The lowest BCUT2D eigenvalue weighted by Gasteiger charge is -2.13. The van der Waals surface area contributed by atoms with E-state index in [1.807, 2.05) is 0 Å². The van der Waals surface area contributed by atoms with Gasteiger partial charge in [0.15, 0.2) is 0 Å². The van der Waals surface area contributed by atoms with Crippen molar-refractivity contribution in [2.45, 2.75) is 11.7 Å². The van der Waals surface area contributed by atoms with Crippen molar-refractivity contribution in [3.8, 4) is 5.75 Å². The number of alkyl halides is 6. The highest BCUT2D eigenvalue weighted by molar-refractivity contribution is 6.32. The summed E-state index contributed by atoms with van der Waals surface area (Å²) in [6.07, 6.45) is -4.61. The van der Waals surface area contributed by atoms with Gasteiger partial charge in [-0.2, -0.15) is 13.2 Å². The van der Waals surface area contributed by atoms with E-state index < -0.39 is 28.1 Å². The van der Waals surface area contributed by atoms with Gasteiger partial charge in [0.25, 0.3) is 0 Å². The van der Waals surface area contributed by atoms with Gasteiger partial charge in [-0.1, -0.05) is 11.6 Å². The Balaban J connectivity index is 3.01. The zero-order valence-electron chi connectivity index (χ0n) is 7.29. The molecule has 1 rings (SSSR count). The van der Waals surface area contributed by atoms with Crippen LogP contribution in [0.2, 0.25) is 5.02 Å². The van der Waals surface area contributed by atoms with Crippen LogP contribution in [0.4, 0.5) is 22.0 Å². The first-order chi connectivity index (χ1) is 7.09. The number of hydrogen-bond acceptors (Lipinski definition) is 1. The van der Waals surface area contributed by atoms with Gasteiger partial charge in [0.1, 0.15) is 5.75 Å². The molecule has 16 heavy (non-hydrogen) atoms. The van der Waals surface area contributed by atoms with Crippen LogP contribution in [0, 0.1) is 0 Å². The van der Waals surface area contributed by atoms with Crippen LogP contribution in [0.15, 0.2) is 18.2 Å². The lowest BCUT2D eigenvalue weighted by atomic mass is 10.2. The van der Waals surface area contributed by atoms with Gasteiger partial charge < -0.3 is 4.74 Å². The molecule has 0 aliphatic heterocycles. The maximum Gasteiger partial charge on any atom is 0.487 e. The second-order valence-corrected chi connectivity index (χ2v) is 3.54. The molecule has 0 saturated carbocycles. The molecule has 0 amide bonds. The van der Waals surface area contributed by atoms with E-state index >= 15 is 0 Å². The summed E-state index contributed by atoms with van der Waals surface area (Å²) in [7, 11) is 0. The monoisotopic (exact) mass is 280 g/mol. The predicted octanol–water partition coefficient (Wildman–Crippen LogP) is 4.53. The molecule has 0 aliphatic carbocycles.